The fourth-order valence-corrected chi connectivity index (χ4v) is 3.75. The van der Waals surface area contributed by atoms with E-state index in [9.17, 15) is 9.90 Å². The number of nitrogens with one attached hydrogen (secondary N) is 1. The van der Waals surface area contributed by atoms with Crippen molar-refractivity contribution in [3.63, 3.8) is 0 Å². The molecule has 3 heterocycles. The molecule has 0 bridgehead atoms. The van der Waals surface area contributed by atoms with Crippen LogP contribution in [0, 0.1) is 0 Å². The van der Waals surface area contributed by atoms with E-state index in [0.717, 1.165) is 25.1 Å². The van der Waals surface area contributed by atoms with E-state index in [1.807, 2.05) is 18.2 Å². The molecular weight excluding hydrogens is 366 g/mol. The van der Waals surface area contributed by atoms with Crippen LogP contribution in [0.25, 0.3) is 11.3 Å². The number of aromatic nitrogens is 3. The Morgan fingerprint density at radius 1 is 1.24 bits per heavy atom. The monoisotopic (exact) mass is 391 g/mol. The molecule has 1 unspecified atom stereocenters. The first kappa shape index (κ1) is 19.3. The van der Waals surface area contributed by atoms with Crippen molar-refractivity contribution in [3.05, 3.63) is 71.7 Å². The average Bonchev–Trinajstić information content (AvgIpc) is 3.14. The van der Waals surface area contributed by atoms with E-state index >= 15 is 0 Å². The molecule has 7 heteroatoms. The van der Waals surface area contributed by atoms with Gasteiger partial charge in [-0.1, -0.05) is 24.3 Å². The summed E-state index contributed by atoms with van der Waals surface area (Å²) in [6.45, 7) is 2.46. The highest BCUT2D eigenvalue weighted by Crippen LogP contribution is 2.21. The highest BCUT2D eigenvalue weighted by Gasteiger charge is 2.21. The van der Waals surface area contributed by atoms with Crippen molar-refractivity contribution in [2.45, 2.75) is 19.1 Å². The average molecular weight is 391 g/mol. The number of hydrogen-bond acceptors (Lipinski definition) is 5. The van der Waals surface area contributed by atoms with Gasteiger partial charge in [0.25, 0.3) is 5.91 Å². The van der Waals surface area contributed by atoms with Gasteiger partial charge in [0.2, 0.25) is 0 Å². The second-order valence-corrected chi connectivity index (χ2v) is 7.42. The molecule has 0 saturated heterocycles. The molecule has 0 aliphatic carbocycles. The van der Waals surface area contributed by atoms with Crippen molar-refractivity contribution < 1.29 is 9.90 Å². The quantitative estimate of drug-likeness (QED) is 0.667. The number of aliphatic hydroxyl groups is 1. The first-order valence-electron chi connectivity index (χ1n) is 9.79. The molecule has 1 aliphatic heterocycles. The van der Waals surface area contributed by atoms with E-state index in [0.29, 0.717) is 17.8 Å². The highest BCUT2D eigenvalue weighted by atomic mass is 16.3. The minimum Gasteiger partial charge on any atom is -0.390 e. The zero-order valence-corrected chi connectivity index (χ0v) is 16.5. The molecule has 2 aromatic heterocycles. The van der Waals surface area contributed by atoms with Crippen LogP contribution in [0.1, 0.15) is 21.5 Å². The van der Waals surface area contributed by atoms with Crippen LogP contribution in [0.2, 0.25) is 0 Å². The lowest BCUT2D eigenvalue weighted by Crippen LogP contribution is -2.42. The number of benzene rings is 1. The highest BCUT2D eigenvalue weighted by molar-refractivity contribution is 5.99. The topological polar surface area (TPSA) is 83.3 Å². The minimum absolute atomic E-state index is 0.193. The van der Waals surface area contributed by atoms with E-state index in [4.69, 9.17) is 0 Å². The second kappa shape index (κ2) is 8.55. The molecule has 150 valence electrons. The Balaban J connectivity index is 1.35. The number of nitrogens with zero attached hydrogens (tertiary/aromatic N) is 4. The zero-order chi connectivity index (χ0) is 20.2. The Bertz CT molecular complexity index is 986. The number of hydrogen-bond donors (Lipinski definition) is 2. The van der Waals surface area contributed by atoms with Crippen LogP contribution >= 0.6 is 0 Å². The third kappa shape index (κ3) is 4.52. The number of rotatable bonds is 6. The molecule has 29 heavy (non-hydrogen) atoms. The maximum Gasteiger partial charge on any atom is 0.255 e. The molecule has 4 rings (SSSR count). The van der Waals surface area contributed by atoms with Gasteiger partial charge in [-0.15, -0.1) is 0 Å². The number of pyridine rings is 1. The van der Waals surface area contributed by atoms with Crippen LogP contribution in [0.5, 0.6) is 0 Å². The summed E-state index contributed by atoms with van der Waals surface area (Å²) in [5.74, 6) is -0.250. The van der Waals surface area contributed by atoms with Gasteiger partial charge < -0.3 is 10.4 Å². The summed E-state index contributed by atoms with van der Waals surface area (Å²) in [4.78, 5) is 19.0. The number of amides is 1. The van der Waals surface area contributed by atoms with Crippen LogP contribution in [0.15, 0.2) is 55.0 Å². The lowest BCUT2D eigenvalue weighted by atomic mass is 10.00. The van der Waals surface area contributed by atoms with E-state index in [1.165, 1.54) is 11.1 Å². The number of β-amino-alcohol motifs (C(OH)–C–C–N with tert-alkyl or cyclic N) is 1. The van der Waals surface area contributed by atoms with Gasteiger partial charge in [-0.2, -0.15) is 5.10 Å². The predicted octanol–water partition coefficient (Wildman–Crippen LogP) is 1.63. The summed E-state index contributed by atoms with van der Waals surface area (Å²) in [6.07, 6.45) is 5.40. The molecule has 7 nitrogen and oxygen atoms in total. The third-order valence-electron chi connectivity index (χ3n) is 5.19. The Morgan fingerprint density at radius 2 is 2.07 bits per heavy atom. The van der Waals surface area contributed by atoms with Gasteiger partial charge in [0.15, 0.2) is 0 Å². The minimum atomic E-state index is -0.636. The number of aryl methyl sites for hydroxylation is 1. The maximum atomic E-state index is 12.7. The van der Waals surface area contributed by atoms with Gasteiger partial charge in [0, 0.05) is 57.4 Å². The number of fused-ring (bicyclic) bond motifs is 1. The van der Waals surface area contributed by atoms with Crippen LogP contribution in [-0.4, -0.2) is 56.4 Å². The molecule has 0 radical (unpaired) electrons. The largest absolute Gasteiger partial charge is 0.390 e. The molecule has 1 amide bonds. The number of aliphatic hydroxyl groups excluding tert-OH is 1. The van der Waals surface area contributed by atoms with Gasteiger partial charge in [-0.05, 0) is 29.7 Å². The van der Waals surface area contributed by atoms with Crippen LogP contribution in [0.4, 0.5) is 0 Å². The first-order chi connectivity index (χ1) is 14.1. The number of carbonyl (C=O) groups excluding carboxylic acids is 1. The van der Waals surface area contributed by atoms with Crippen molar-refractivity contribution in [2.24, 2.45) is 7.05 Å². The first-order valence-corrected chi connectivity index (χ1v) is 9.79. The molecule has 1 aliphatic rings. The summed E-state index contributed by atoms with van der Waals surface area (Å²) >= 11 is 0. The summed E-state index contributed by atoms with van der Waals surface area (Å²) in [5, 5.41) is 17.7. The summed E-state index contributed by atoms with van der Waals surface area (Å²) in [6, 6.07) is 12.1. The van der Waals surface area contributed by atoms with Crippen molar-refractivity contribution in [1.29, 1.82) is 0 Å². The Morgan fingerprint density at radius 3 is 2.86 bits per heavy atom. The zero-order valence-electron chi connectivity index (χ0n) is 16.5. The standard InChI is InChI=1S/C22H25N5O2/c1-26-15-20(21(25-26)17-7-4-9-23-11-17)22(29)24-12-19(28)14-27-10-8-16-5-2-3-6-18(16)13-27/h2-7,9,11,15,19,28H,8,10,12-14H2,1H3,(H,24,29). The Labute approximate surface area is 170 Å². The molecule has 0 saturated carbocycles. The SMILES string of the molecule is Cn1cc(C(=O)NCC(O)CN2CCc3ccccc3C2)c(-c2cccnc2)n1. The Kier molecular flexibility index (Phi) is 5.69. The summed E-state index contributed by atoms with van der Waals surface area (Å²) < 4.78 is 1.61. The number of carbonyl (C=O) groups is 1. The van der Waals surface area contributed by atoms with Crippen LogP contribution < -0.4 is 5.32 Å². The summed E-state index contributed by atoms with van der Waals surface area (Å²) in [5.41, 5.74) is 4.53. The molecule has 2 N–H and O–H groups in total. The normalized spacial score (nSPS) is 15.0. The fraction of sp³-hybridized carbons (Fsp3) is 0.318. The van der Waals surface area contributed by atoms with Crippen molar-refractivity contribution >= 4 is 5.91 Å². The van der Waals surface area contributed by atoms with E-state index in [1.54, 1.807) is 30.3 Å². The maximum absolute atomic E-state index is 12.7. The molecule has 0 spiro atoms. The molecule has 3 aromatic rings. The third-order valence-corrected chi connectivity index (χ3v) is 5.19. The molecule has 1 aromatic carbocycles. The summed E-state index contributed by atoms with van der Waals surface area (Å²) in [7, 11) is 1.78. The van der Waals surface area contributed by atoms with Gasteiger partial charge in [-0.3, -0.25) is 19.4 Å². The van der Waals surface area contributed by atoms with E-state index < -0.39 is 6.10 Å². The van der Waals surface area contributed by atoms with Crippen molar-refractivity contribution in [1.82, 2.24) is 25.0 Å². The van der Waals surface area contributed by atoms with Gasteiger partial charge in [-0.25, -0.2) is 0 Å². The van der Waals surface area contributed by atoms with Gasteiger partial charge in [0.05, 0.1) is 11.7 Å². The lowest BCUT2D eigenvalue weighted by molar-refractivity contribution is 0.0842. The fourth-order valence-electron chi connectivity index (χ4n) is 3.75. The molecular formula is C22H25N5O2. The van der Waals surface area contributed by atoms with Gasteiger partial charge in [0.1, 0.15) is 5.69 Å². The van der Waals surface area contributed by atoms with Crippen molar-refractivity contribution in [2.75, 3.05) is 19.6 Å². The molecule has 1 atom stereocenters. The molecule has 0 fully saturated rings. The predicted molar refractivity (Wildman–Crippen MR) is 110 cm³/mol. The lowest BCUT2D eigenvalue weighted by Gasteiger charge is -2.30. The van der Waals surface area contributed by atoms with Crippen molar-refractivity contribution in [3.8, 4) is 11.3 Å². The Hall–Kier alpha value is -3.03. The smallest absolute Gasteiger partial charge is 0.255 e. The van der Waals surface area contributed by atoms with Crippen LogP contribution in [0.3, 0.4) is 0 Å². The second-order valence-electron chi connectivity index (χ2n) is 7.42. The van der Waals surface area contributed by atoms with Gasteiger partial charge >= 0.3 is 0 Å². The van der Waals surface area contributed by atoms with Crippen LogP contribution in [-0.2, 0) is 20.0 Å². The van der Waals surface area contributed by atoms with E-state index in [-0.39, 0.29) is 12.5 Å². The van der Waals surface area contributed by atoms with E-state index in [2.05, 4.69) is 38.5 Å².